The lowest BCUT2D eigenvalue weighted by Crippen LogP contribution is -2.47. The highest BCUT2D eigenvalue weighted by atomic mass is 32.2. The summed E-state index contributed by atoms with van der Waals surface area (Å²) in [6.45, 7) is 2.58. The molecule has 1 aromatic rings. The molecule has 2 rings (SSSR count). The third-order valence-electron chi connectivity index (χ3n) is 4.00. The lowest BCUT2D eigenvalue weighted by atomic mass is 9.84. The van der Waals surface area contributed by atoms with Gasteiger partial charge in [0.05, 0.1) is 4.90 Å². The highest BCUT2D eigenvalue weighted by molar-refractivity contribution is 7.89. The lowest BCUT2D eigenvalue weighted by molar-refractivity contribution is 0.294. The van der Waals surface area contributed by atoms with Gasteiger partial charge in [-0.15, -0.1) is 0 Å². The van der Waals surface area contributed by atoms with Crippen molar-refractivity contribution in [3.63, 3.8) is 0 Å². The van der Waals surface area contributed by atoms with E-state index in [1.807, 2.05) is 19.1 Å². The smallest absolute Gasteiger partial charge is 0.241 e. The van der Waals surface area contributed by atoms with E-state index in [-0.39, 0.29) is 5.54 Å². The summed E-state index contributed by atoms with van der Waals surface area (Å²) < 4.78 is 27.8. The standard InChI is InChI=1S/C15H24N2O2S/c1-15(10-3-2-4-11-15)17-20(18,19)14-7-5-13(6-8-14)9-12-16/h5-8,17H,2-4,9-12,16H2,1H3. The van der Waals surface area contributed by atoms with Crippen LogP contribution in [0.4, 0.5) is 0 Å². The fraction of sp³-hybridized carbons (Fsp3) is 0.600. The fourth-order valence-corrected chi connectivity index (χ4v) is 4.28. The van der Waals surface area contributed by atoms with Crippen molar-refractivity contribution in [2.75, 3.05) is 6.54 Å². The topological polar surface area (TPSA) is 72.2 Å². The molecule has 1 fully saturated rings. The molecule has 0 aromatic heterocycles. The average Bonchev–Trinajstić information content (AvgIpc) is 2.39. The van der Waals surface area contributed by atoms with E-state index in [9.17, 15) is 8.42 Å². The second kappa shape index (κ2) is 6.24. The van der Waals surface area contributed by atoms with Crippen molar-refractivity contribution in [3.05, 3.63) is 29.8 Å². The number of rotatable bonds is 5. The van der Waals surface area contributed by atoms with Crippen LogP contribution in [-0.2, 0) is 16.4 Å². The molecule has 0 unspecified atom stereocenters. The Morgan fingerprint density at radius 3 is 2.30 bits per heavy atom. The molecule has 0 amide bonds. The van der Waals surface area contributed by atoms with Crippen molar-refractivity contribution >= 4 is 10.0 Å². The Bertz CT molecular complexity index is 531. The SMILES string of the molecule is CC1(NS(=O)(=O)c2ccc(CCN)cc2)CCCCC1. The van der Waals surface area contributed by atoms with Gasteiger partial charge >= 0.3 is 0 Å². The first-order valence-electron chi connectivity index (χ1n) is 7.28. The molecular formula is C15H24N2O2S. The first-order valence-corrected chi connectivity index (χ1v) is 8.77. The van der Waals surface area contributed by atoms with Crippen LogP contribution in [0.15, 0.2) is 29.2 Å². The lowest BCUT2D eigenvalue weighted by Gasteiger charge is -2.34. The maximum absolute atomic E-state index is 12.4. The van der Waals surface area contributed by atoms with E-state index >= 15 is 0 Å². The van der Waals surface area contributed by atoms with Crippen LogP contribution < -0.4 is 10.5 Å². The predicted octanol–water partition coefficient (Wildman–Crippen LogP) is 2.19. The zero-order valence-electron chi connectivity index (χ0n) is 12.1. The fourth-order valence-electron chi connectivity index (χ4n) is 2.82. The molecule has 0 spiro atoms. The van der Waals surface area contributed by atoms with Gasteiger partial charge in [0.2, 0.25) is 10.0 Å². The minimum Gasteiger partial charge on any atom is -0.330 e. The van der Waals surface area contributed by atoms with Gasteiger partial charge in [-0.2, -0.15) is 0 Å². The zero-order chi connectivity index (χ0) is 14.6. The summed E-state index contributed by atoms with van der Waals surface area (Å²) in [5.74, 6) is 0. The molecule has 0 saturated heterocycles. The van der Waals surface area contributed by atoms with Gasteiger partial charge in [0.25, 0.3) is 0 Å². The van der Waals surface area contributed by atoms with Crippen LogP contribution in [0.3, 0.4) is 0 Å². The Balaban J connectivity index is 2.13. The van der Waals surface area contributed by atoms with Crippen molar-refractivity contribution in [3.8, 4) is 0 Å². The summed E-state index contributed by atoms with van der Waals surface area (Å²) >= 11 is 0. The minimum absolute atomic E-state index is 0.299. The van der Waals surface area contributed by atoms with Crippen LogP contribution in [0, 0.1) is 0 Å². The van der Waals surface area contributed by atoms with E-state index < -0.39 is 10.0 Å². The quantitative estimate of drug-likeness (QED) is 0.875. The van der Waals surface area contributed by atoms with E-state index in [0.717, 1.165) is 37.7 Å². The molecule has 1 aromatic carbocycles. The van der Waals surface area contributed by atoms with E-state index in [1.165, 1.54) is 6.42 Å². The van der Waals surface area contributed by atoms with Gasteiger partial charge in [-0.3, -0.25) is 0 Å². The highest BCUT2D eigenvalue weighted by Gasteiger charge is 2.31. The summed E-state index contributed by atoms with van der Waals surface area (Å²) in [6, 6.07) is 7.01. The predicted molar refractivity (Wildman–Crippen MR) is 81.0 cm³/mol. The third-order valence-corrected chi connectivity index (χ3v) is 5.66. The molecule has 112 valence electrons. The molecule has 0 heterocycles. The Morgan fingerprint density at radius 2 is 1.75 bits per heavy atom. The van der Waals surface area contributed by atoms with Gasteiger partial charge in [0.1, 0.15) is 0 Å². The van der Waals surface area contributed by atoms with Gasteiger partial charge in [-0.25, -0.2) is 13.1 Å². The zero-order valence-corrected chi connectivity index (χ0v) is 12.9. The molecule has 0 aliphatic heterocycles. The second-order valence-corrected chi connectivity index (χ2v) is 7.59. The highest BCUT2D eigenvalue weighted by Crippen LogP contribution is 2.29. The van der Waals surface area contributed by atoms with Crippen LogP contribution in [0.1, 0.15) is 44.6 Å². The number of sulfonamides is 1. The Kier molecular flexibility index (Phi) is 4.83. The number of nitrogens with two attached hydrogens (primary N) is 1. The van der Waals surface area contributed by atoms with Crippen molar-refractivity contribution in [2.45, 2.75) is 55.9 Å². The van der Waals surface area contributed by atoms with E-state index in [4.69, 9.17) is 5.73 Å². The summed E-state index contributed by atoms with van der Waals surface area (Å²) in [4.78, 5) is 0.338. The number of hydrogen-bond acceptors (Lipinski definition) is 3. The molecule has 1 aliphatic carbocycles. The van der Waals surface area contributed by atoms with Crippen molar-refractivity contribution < 1.29 is 8.42 Å². The number of benzene rings is 1. The minimum atomic E-state index is -3.43. The molecule has 0 bridgehead atoms. The van der Waals surface area contributed by atoms with E-state index in [2.05, 4.69) is 4.72 Å². The molecule has 1 aliphatic rings. The average molecular weight is 296 g/mol. The van der Waals surface area contributed by atoms with Gasteiger partial charge in [0, 0.05) is 5.54 Å². The summed E-state index contributed by atoms with van der Waals surface area (Å²) in [6.07, 6.45) is 5.98. The first-order chi connectivity index (χ1) is 9.45. The van der Waals surface area contributed by atoms with Crippen LogP contribution in [-0.4, -0.2) is 20.5 Å². The molecule has 20 heavy (non-hydrogen) atoms. The molecule has 0 radical (unpaired) electrons. The van der Waals surface area contributed by atoms with Crippen LogP contribution in [0.25, 0.3) is 0 Å². The molecule has 3 N–H and O–H groups in total. The Hall–Kier alpha value is -0.910. The monoisotopic (exact) mass is 296 g/mol. The van der Waals surface area contributed by atoms with Crippen LogP contribution in [0.5, 0.6) is 0 Å². The van der Waals surface area contributed by atoms with Gasteiger partial charge < -0.3 is 5.73 Å². The largest absolute Gasteiger partial charge is 0.330 e. The van der Waals surface area contributed by atoms with Crippen molar-refractivity contribution in [2.24, 2.45) is 5.73 Å². The van der Waals surface area contributed by atoms with Gasteiger partial charge in [-0.05, 0) is 50.4 Å². The van der Waals surface area contributed by atoms with Gasteiger partial charge in [0.15, 0.2) is 0 Å². The number of nitrogens with one attached hydrogen (secondary N) is 1. The maximum atomic E-state index is 12.4. The number of hydrogen-bond donors (Lipinski definition) is 2. The first kappa shape index (κ1) is 15.5. The molecular weight excluding hydrogens is 272 g/mol. The Morgan fingerprint density at radius 1 is 1.15 bits per heavy atom. The second-order valence-electron chi connectivity index (χ2n) is 5.91. The normalized spacial score (nSPS) is 18.9. The summed E-state index contributed by atoms with van der Waals surface area (Å²) in [5, 5.41) is 0. The third kappa shape index (κ3) is 3.81. The molecule has 5 heteroatoms. The summed E-state index contributed by atoms with van der Waals surface area (Å²) in [5.41, 5.74) is 6.26. The molecule has 0 atom stereocenters. The van der Waals surface area contributed by atoms with E-state index in [1.54, 1.807) is 12.1 Å². The van der Waals surface area contributed by atoms with Crippen molar-refractivity contribution in [1.29, 1.82) is 0 Å². The summed E-state index contributed by atoms with van der Waals surface area (Å²) in [7, 11) is -3.43. The van der Waals surface area contributed by atoms with Crippen molar-refractivity contribution in [1.82, 2.24) is 4.72 Å². The van der Waals surface area contributed by atoms with E-state index in [0.29, 0.717) is 11.4 Å². The molecule has 4 nitrogen and oxygen atoms in total. The van der Waals surface area contributed by atoms with Crippen LogP contribution in [0.2, 0.25) is 0 Å². The van der Waals surface area contributed by atoms with Gasteiger partial charge in [-0.1, -0.05) is 31.4 Å². The Labute approximate surface area is 121 Å². The van der Waals surface area contributed by atoms with Crippen LogP contribution >= 0.6 is 0 Å². The molecule has 1 saturated carbocycles. The maximum Gasteiger partial charge on any atom is 0.241 e.